The summed E-state index contributed by atoms with van der Waals surface area (Å²) in [5, 5.41) is 8.56. The van der Waals surface area contributed by atoms with Crippen LogP contribution >= 0.6 is 11.8 Å². The van der Waals surface area contributed by atoms with Crippen molar-refractivity contribution in [2.45, 2.75) is 329 Å². The minimum Gasteiger partial charge on any atom is -0.462 e. The predicted octanol–water partition coefficient (Wildman–Crippen LogP) is 16.8. The minimum atomic E-state index is -0.819. The molecule has 0 aliphatic heterocycles. The first kappa shape index (κ1) is 76.4. The Morgan fingerprint density at radius 3 is 1.16 bits per heavy atom. The van der Waals surface area contributed by atoms with Gasteiger partial charge in [-0.2, -0.15) is 11.8 Å². The van der Waals surface area contributed by atoms with Crippen molar-refractivity contribution in [2.24, 2.45) is 0 Å². The molecule has 1 unspecified atom stereocenters. The fraction of sp³-hybridized carbons (Fsp3) is 0.923. The van der Waals surface area contributed by atoms with E-state index in [2.05, 4.69) is 36.7 Å². The van der Waals surface area contributed by atoms with Crippen molar-refractivity contribution in [1.82, 2.24) is 16.0 Å². The molecule has 3 N–H and O–H groups in total. The normalized spacial score (nSPS) is 12.3. The average Bonchev–Trinajstić information content (AvgIpc) is 3.41. The van der Waals surface area contributed by atoms with Crippen LogP contribution in [0.15, 0.2) is 0 Å². The van der Waals surface area contributed by atoms with Crippen LogP contribution in [0.3, 0.4) is 0 Å². The van der Waals surface area contributed by atoms with Gasteiger partial charge in [0.15, 0.2) is 0 Å². The van der Waals surface area contributed by atoms with Crippen molar-refractivity contribution in [3.05, 3.63) is 0 Å². The molecule has 0 saturated heterocycles. The first-order valence-corrected chi connectivity index (χ1v) is 34.2. The van der Waals surface area contributed by atoms with Gasteiger partial charge < -0.3 is 39.6 Å². The standard InChI is InChI=1S/C65H125N3O10S/c1-7-10-13-16-19-22-25-28-31-34-37-40-43-46-60(69)68-59(63(72)66-49-51-74-53-54-75-52-50-67-64(73)78-65(4,5)6)57-79-56-58(77-62(71)48-45-42-39-36-33-30-27-24-21-18-15-12-9-3)55-76-61(70)47-44-41-38-35-32-29-26-23-20-17-14-11-8-2/h58-59H,7-57H2,1-6H3,(H,66,72)(H,67,73)(H,68,69)/t58?,59-/m0/s1. The maximum atomic E-state index is 13.6. The SMILES string of the molecule is CCCCCCCCCCCCCCCC(=O)N[C@@H](CSCC(COC(=O)CCCCCCCCCCCCCCC)OC(=O)CCCCCCCCCCCCCCC)C(=O)NCCOCCOCCNC(=O)OC(C)(C)C. The van der Waals surface area contributed by atoms with Gasteiger partial charge in [0, 0.05) is 43.9 Å². The number of carbonyl (C=O) groups is 5. The van der Waals surface area contributed by atoms with Gasteiger partial charge in [0.05, 0.1) is 26.4 Å². The van der Waals surface area contributed by atoms with E-state index in [4.69, 9.17) is 23.7 Å². The van der Waals surface area contributed by atoms with Gasteiger partial charge in [0.2, 0.25) is 11.8 Å². The summed E-state index contributed by atoms with van der Waals surface area (Å²) in [5.41, 5.74) is -0.571. The number of nitrogens with one attached hydrogen (secondary N) is 3. The summed E-state index contributed by atoms with van der Waals surface area (Å²) >= 11 is 1.40. The molecule has 466 valence electrons. The highest BCUT2D eigenvalue weighted by Crippen LogP contribution is 2.18. The largest absolute Gasteiger partial charge is 0.462 e. The van der Waals surface area contributed by atoms with Crippen molar-refractivity contribution in [3.8, 4) is 0 Å². The van der Waals surface area contributed by atoms with Crippen molar-refractivity contribution < 1.29 is 47.7 Å². The van der Waals surface area contributed by atoms with Crippen LogP contribution in [0.5, 0.6) is 0 Å². The molecule has 79 heavy (non-hydrogen) atoms. The Bertz CT molecular complexity index is 1400. The van der Waals surface area contributed by atoms with E-state index < -0.39 is 23.8 Å². The highest BCUT2D eigenvalue weighted by molar-refractivity contribution is 7.99. The van der Waals surface area contributed by atoms with Gasteiger partial charge in [0.25, 0.3) is 0 Å². The predicted molar refractivity (Wildman–Crippen MR) is 330 cm³/mol. The van der Waals surface area contributed by atoms with E-state index in [-0.39, 0.29) is 49.3 Å². The van der Waals surface area contributed by atoms with Crippen LogP contribution in [0.1, 0.15) is 311 Å². The van der Waals surface area contributed by atoms with Crippen molar-refractivity contribution in [3.63, 3.8) is 0 Å². The van der Waals surface area contributed by atoms with E-state index in [1.165, 1.54) is 204 Å². The molecule has 3 amide bonds. The number of carbonyl (C=O) groups excluding carboxylic acids is 5. The van der Waals surface area contributed by atoms with Gasteiger partial charge in [-0.05, 0) is 40.0 Å². The van der Waals surface area contributed by atoms with E-state index in [1.807, 2.05) is 0 Å². The van der Waals surface area contributed by atoms with E-state index in [0.717, 1.165) is 57.8 Å². The second kappa shape index (κ2) is 58.6. The first-order chi connectivity index (χ1) is 38.4. The Morgan fingerprint density at radius 2 is 0.772 bits per heavy atom. The molecule has 0 aliphatic carbocycles. The highest BCUT2D eigenvalue weighted by Gasteiger charge is 2.24. The maximum absolute atomic E-state index is 13.6. The molecule has 0 radical (unpaired) electrons. The first-order valence-electron chi connectivity index (χ1n) is 33.0. The van der Waals surface area contributed by atoms with Crippen LogP contribution in [-0.4, -0.2) is 105 Å². The maximum Gasteiger partial charge on any atom is 0.407 e. The Morgan fingerprint density at radius 1 is 0.418 bits per heavy atom. The summed E-state index contributed by atoms with van der Waals surface area (Å²) in [7, 11) is 0. The Labute approximate surface area is 489 Å². The summed E-state index contributed by atoms with van der Waals surface area (Å²) in [5.74, 6) is -0.509. The highest BCUT2D eigenvalue weighted by atomic mass is 32.2. The van der Waals surface area contributed by atoms with Gasteiger partial charge in [0.1, 0.15) is 24.4 Å². The van der Waals surface area contributed by atoms with E-state index in [0.29, 0.717) is 51.4 Å². The van der Waals surface area contributed by atoms with Crippen LogP contribution in [0.2, 0.25) is 0 Å². The summed E-state index contributed by atoms with van der Waals surface area (Å²) in [6.45, 7) is 13.9. The number of alkyl carbamates (subject to hydrolysis) is 1. The van der Waals surface area contributed by atoms with Crippen LogP contribution in [0.25, 0.3) is 0 Å². The van der Waals surface area contributed by atoms with Crippen LogP contribution in [0.4, 0.5) is 4.79 Å². The lowest BCUT2D eigenvalue weighted by Crippen LogP contribution is -2.49. The zero-order valence-electron chi connectivity index (χ0n) is 52.2. The second-order valence-electron chi connectivity index (χ2n) is 23.4. The lowest BCUT2D eigenvalue weighted by molar-refractivity contribution is -0.157. The molecule has 0 saturated carbocycles. The monoisotopic (exact) mass is 1140 g/mol. The number of thioether (sulfide) groups is 1. The van der Waals surface area contributed by atoms with Gasteiger partial charge in [-0.25, -0.2) is 4.79 Å². The quantitative estimate of drug-likeness (QED) is 0.0301. The molecular formula is C65H125N3O10S. The Hall–Kier alpha value is -2.58. The lowest BCUT2D eigenvalue weighted by Gasteiger charge is -2.21. The molecule has 0 aromatic rings. The Kier molecular flexibility index (Phi) is 56.7. The number of unbranched alkanes of at least 4 members (excludes halogenated alkanes) is 36. The molecule has 0 aliphatic rings. The van der Waals surface area contributed by atoms with E-state index >= 15 is 0 Å². The van der Waals surface area contributed by atoms with Crippen molar-refractivity contribution in [2.75, 3.05) is 57.6 Å². The molecule has 0 aromatic heterocycles. The smallest absolute Gasteiger partial charge is 0.407 e. The van der Waals surface area contributed by atoms with Crippen molar-refractivity contribution >= 4 is 41.6 Å². The zero-order chi connectivity index (χ0) is 58.0. The van der Waals surface area contributed by atoms with E-state index in [9.17, 15) is 24.0 Å². The second-order valence-corrected chi connectivity index (χ2v) is 24.4. The number of ether oxygens (including phenoxy) is 5. The molecule has 2 atom stereocenters. The third-order valence-corrected chi connectivity index (χ3v) is 15.5. The average molecular weight is 1140 g/mol. The number of rotatable bonds is 60. The van der Waals surface area contributed by atoms with E-state index in [1.54, 1.807) is 20.8 Å². The molecule has 14 heteroatoms. The number of amides is 3. The van der Waals surface area contributed by atoms with Crippen LogP contribution < -0.4 is 16.0 Å². The summed E-state index contributed by atoms with van der Waals surface area (Å²) < 4.78 is 28.2. The molecule has 0 rings (SSSR count). The third-order valence-electron chi connectivity index (χ3n) is 14.3. The van der Waals surface area contributed by atoms with Gasteiger partial charge >= 0.3 is 18.0 Å². The van der Waals surface area contributed by atoms with Crippen LogP contribution in [-0.2, 0) is 42.9 Å². The fourth-order valence-electron chi connectivity index (χ4n) is 9.49. The zero-order valence-corrected chi connectivity index (χ0v) is 53.0. The molecule has 13 nitrogen and oxygen atoms in total. The van der Waals surface area contributed by atoms with Crippen LogP contribution in [0, 0.1) is 0 Å². The Balaban J connectivity index is 5.26. The summed E-state index contributed by atoms with van der Waals surface area (Å²) in [4.78, 5) is 64.9. The number of esters is 2. The number of hydrogen-bond donors (Lipinski definition) is 3. The topological polar surface area (TPSA) is 168 Å². The molecule has 0 heterocycles. The summed E-state index contributed by atoms with van der Waals surface area (Å²) in [6, 6.07) is -0.819. The van der Waals surface area contributed by atoms with Gasteiger partial charge in [-0.3, -0.25) is 19.2 Å². The number of hydrogen-bond acceptors (Lipinski definition) is 11. The molecular weight excluding hydrogens is 1010 g/mol. The summed E-state index contributed by atoms with van der Waals surface area (Å²) in [6.07, 6.45) is 47.5. The molecule has 0 bridgehead atoms. The molecule has 0 aromatic carbocycles. The fourth-order valence-corrected chi connectivity index (χ4v) is 10.5. The minimum absolute atomic E-state index is 0.0435. The molecule has 0 fully saturated rings. The molecule has 0 spiro atoms. The lowest BCUT2D eigenvalue weighted by atomic mass is 10.0. The van der Waals surface area contributed by atoms with Gasteiger partial charge in [-0.15, -0.1) is 0 Å². The van der Waals surface area contributed by atoms with Gasteiger partial charge in [-0.1, -0.05) is 252 Å². The van der Waals surface area contributed by atoms with Crippen molar-refractivity contribution in [1.29, 1.82) is 0 Å². The third kappa shape index (κ3) is 58.4.